The second-order valence-corrected chi connectivity index (χ2v) is 3.44. The molecule has 1 aromatic carbocycles. The third kappa shape index (κ3) is 2.80. The Labute approximate surface area is 97.9 Å². The summed E-state index contributed by atoms with van der Waals surface area (Å²) in [6.45, 7) is 0.744. The molecule has 17 heavy (non-hydrogen) atoms. The third-order valence-electron chi connectivity index (χ3n) is 2.26. The van der Waals surface area contributed by atoms with Crippen LogP contribution in [-0.2, 0) is 9.57 Å². The van der Waals surface area contributed by atoms with E-state index in [0.717, 1.165) is 10.9 Å². The van der Waals surface area contributed by atoms with Gasteiger partial charge in [-0.05, 0) is 12.1 Å². The van der Waals surface area contributed by atoms with Gasteiger partial charge in [0.2, 0.25) is 0 Å². The Morgan fingerprint density at radius 1 is 1.47 bits per heavy atom. The van der Waals surface area contributed by atoms with E-state index in [-0.39, 0.29) is 5.91 Å². The van der Waals surface area contributed by atoms with Gasteiger partial charge >= 0.3 is 0 Å². The molecule has 6 nitrogen and oxygen atoms in total. The van der Waals surface area contributed by atoms with E-state index in [2.05, 4.69) is 15.7 Å². The van der Waals surface area contributed by atoms with Crippen molar-refractivity contribution < 1.29 is 14.4 Å². The van der Waals surface area contributed by atoms with Crippen LogP contribution in [0.5, 0.6) is 0 Å². The van der Waals surface area contributed by atoms with Gasteiger partial charge in [-0.25, -0.2) is 5.48 Å². The number of aromatic nitrogens is 2. The molecule has 90 valence electrons. The van der Waals surface area contributed by atoms with Crippen molar-refractivity contribution in [3.05, 3.63) is 30.0 Å². The zero-order valence-electron chi connectivity index (χ0n) is 9.40. The molecule has 0 fully saturated rings. The van der Waals surface area contributed by atoms with Gasteiger partial charge in [0.1, 0.15) is 0 Å². The van der Waals surface area contributed by atoms with Crippen molar-refractivity contribution in [3.8, 4) is 0 Å². The van der Waals surface area contributed by atoms with E-state index >= 15 is 0 Å². The fourth-order valence-corrected chi connectivity index (χ4v) is 1.38. The summed E-state index contributed by atoms with van der Waals surface area (Å²) >= 11 is 0. The summed E-state index contributed by atoms with van der Waals surface area (Å²) in [5, 5.41) is 7.64. The van der Waals surface area contributed by atoms with Crippen LogP contribution in [0.25, 0.3) is 10.9 Å². The monoisotopic (exact) mass is 235 g/mol. The smallest absolute Gasteiger partial charge is 0.274 e. The Morgan fingerprint density at radius 3 is 3.18 bits per heavy atom. The lowest BCUT2D eigenvalue weighted by atomic mass is 10.1. The molecule has 0 aliphatic rings. The summed E-state index contributed by atoms with van der Waals surface area (Å²) in [4.78, 5) is 16.6. The minimum atomic E-state index is -0.294. The lowest BCUT2D eigenvalue weighted by molar-refractivity contribution is 0.00889. The third-order valence-corrected chi connectivity index (χ3v) is 2.26. The van der Waals surface area contributed by atoms with Crippen molar-refractivity contribution in [2.45, 2.75) is 0 Å². The number of hydrogen-bond acceptors (Lipinski definition) is 4. The number of carbonyl (C=O) groups excluding carboxylic acids is 1. The first-order valence-electron chi connectivity index (χ1n) is 5.15. The van der Waals surface area contributed by atoms with Gasteiger partial charge in [-0.1, -0.05) is 6.07 Å². The van der Waals surface area contributed by atoms with Gasteiger partial charge in [-0.3, -0.25) is 14.7 Å². The van der Waals surface area contributed by atoms with Gasteiger partial charge < -0.3 is 4.74 Å². The van der Waals surface area contributed by atoms with E-state index < -0.39 is 0 Å². The van der Waals surface area contributed by atoms with E-state index in [4.69, 9.17) is 9.57 Å². The van der Waals surface area contributed by atoms with Gasteiger partial charge in [-0.2, -0.15) is 5.10 Å². The van der Waals surface area contributed by atoms with Crippen molar-refractivity contribution in [3.63, 3.8) is 0 Å². The number of aromatic amines is 1. The number of amides is 1. The predicted octanol–water partition coefficient (Wildman–Crippen LogP) is 0.871. The number of ether oxygens (including phenoxy) is 1. The summed E-state index contributed by atoms with van der Waals surface area (Å²) in [5.74, 6) is -0.294. The minimum absolute atomic E-state index is 0.294. The molecule has 2 aromatic rings. The molecule has 0 unspecified atom stereocenters. The molecule has 2 N–H and O–H groups in total. The molecular weight excluding hydrogens is 222 g/mol. The molecule has 1 amide bonds. The van der Waals surface area contributed by atoms with Crippen LogP contribution in [0.1, 0.15) is 10.4 Å². The molecule has 0 radical (unpaired) electrons. The Kier molecular flexibility index (Phi) is 3.69. The van der Waals surface area contributed by atoms with E-state index in [9.17, 15) is 4.79 Å². The van der Waals surface area contributed by atoms with E-state index in [1.807, 2.05) is 6.07 Å². The normalized spacial score (nSPS) is 10.6. The molecular formula is C11H13N3O3. The highest BCUT2D eigenvalue weighted by Crippen LogP contribution is 2.12. The second-order valence-electron chi connectivity index (χ2n) is 3.44. The van der Waals surface area contributed by atoms with E-state index in [0.29, 0.717) is 18.8 Å². The van der Waals surface area contributed by atoms with Crippen LogP contribution in [-0.4, -0.2) is 36.4 Å². The van der Waals surface area contributed by atoms with Gasteiger partial charge in [0, 0.05) is 18.1 Å². The van der Waals surface area contributed by atoms with Gasteiger partial charge in [0.25, 0.3) is 5.91 Å². The van der Waals surface area contributed by atoms with Crippen LogP contribution in [0.2, 0.25) is 0 Å². The molecule has 0 atom stereocenters. The fraction of sp³-hybridized carbons (Fsp3) is 0.273. The number of H-pyrrole nitrogens is 1. The van der Waals surface area contributed by atoms with Gasteiger partial charge in [-0.15, -0.1) is 0 Å². The number of carbonyl (C=O) groups is 1. The van der Waals surface area contributed by atoms with Gasteiger partial charge in [0.15, 0.2) is 0 Å². The summed E-state index contributed by atoms with van der Waals surface area (Å²) in [6.07, 6.45) is 1.70. The SMILES string of the molecule is COCCONC(=O)c1ccc2cn[nH]c2c1. The first-order chi connectivity index (χ1) is 8.31. The number of rotatable bonds is 5. The zero-order chi connectivity index (χ0) is 12.1. The molecule has 1 heterocycles. The Hall–Kier alpha value is -1.92. The Morgan fingerprint density at radius 2 is 2.35 bits per heavy atom. The second kappa shape index (κ2) is 5.42. The van der Waals surface area contributed by atoms with Crippen LogP contribution in [0, 0.1) is 0 Å². The number of nitrogens with one attached hydrogen (secondary N) is 2. The quantitative estimate of drug-likeness (QED) is 0.595. The maximum atomic E-state index is 11.7. The minimum Gasteiger partial charge on any atom is -0.382 e. The average Bonchev–Trinajstić information content (AvgIpc) is 2.81. The highest BCUT2D eigenvalue weighted by atomic mass is 16.7. The summed E-state index contributed by atoms with van der Waals surface area (Å²) in [6, 6.07) is 5.26. The van der Waals surface area contributed by atoms with Crippen molar-refractivity contribution >= 4 is 16.8 Å². The summed E-state index contributed by atoms with van der Waals surface area (Å²) in [7, 11) is 1.57. The lowest BCUT2D eigenvalue weighted by Crippen LogP contribution is -2.25. The predicted molar refractivity (Wildman–Crippen MR) is 61.4 cm³/mol. The van der Waals surface area contributed by atoms with Crippen LogP contribution < -0.4 is 5.48 Å². The van der Waals surface area contributed by atoms with Crippen molar-refractivity contribution in [1.29, 1.82) is 0 Å². The fourth-order valence-electron chi connectivity index (χ4n) is 1.38. The molecule has 1 aromatic heterocycles. The highest BCUT2D eigenvalue weighted by molar-refractivity contribution is 5.97. The highest BCUT2D eigenvalue weighted by Gasteiger charge is 2.06. The maximum absolute atomic E-state index is 11.7. The average molecular weight is 235 g/mol. The Balaban J connectivity index is 1.98. The van der Waals surface area contributed by atoms with Crippen LogP contribution in [0.15, 0.2) is 24.4 Å². The van der Waals surface area contributed by atoms with Crippen LogP contribution in [0.3, 0.4) is 0 Å². The molecule has 0 aliphatic heterocycles. The Bertz CT molecular complexity index is 509. The molecule has 0 saturated carbocycles. The van der Waals surface area contributed by atoms with Crippen LogP contribution >= 0.6 is 0 Å². The number of hydrogen-bond donors (Lipinski definition) is 2. The number of fused-ring (bicyclic) bond motifs is 1. The first-order valence-corrected chi connectivity index (χ1v) is 5.15. The molecule has 2 rings (SSSR count). The number of methoxy groups -OCH3 is 1. The number of hydroxylamine groups is 1. The summed E-state index contributed by atoms with van der Waals surface area (Å²) < 4.78 is 4.79. The molecule has 0 bridgehead atoms. The van der Waals surface area contributed by atoms with Crippen molar-refractivity contribution in [1.82, 2.24) is 15.7 Å². The van der Waals surface area contributed by atoms with E-state index in [1.54, 1.807) is 25.4 Å². The van der Waals surface area contributed by atoms with Crippen LogP contribution in [0.4, 0.5) is 0 Å². The standard InChI is InChI=1S/C11H13N3O3/c1-16-4-5-17-14-11(15)8-2-3-9-7-12-13-10(9)6-8/h2-3,6-7H,4-5H2,1H3,(H,12,13)(H,14,15). The topological polar surface area (TPSA) is 76.2 Å². The summed E-state index contributed by atoms with van der Waals surface area (Å²) in [5.41, 5.74) is 3.66. The lowest BCUT2D eigenvalue weighted by Gasteiger charge is -2.05. The zero-order valence-corrected chi connectivity index (χ0v) is 9.40. The molecule has 0 spiro atoms. The molecule has 6 heteroatoms. The first kappa shape index (κ1) is 11.6. The number of benzene rings is 1. The van der Waals surface area contributed by atoms with E-state index in [1.165, 1.54) is 0 Å². The van der Waals surface area contributed by atoms with Crippen molar-refractivity contribution in [2.24, 2.45) is 0 Å². The van der Waals surface area contributed by atoms with Crippen molar-refractivity contribution in [2.75, 3.05) is 20.3 Å². The number of nitrogens with zero attached hydrogens (tertiary/aromatic N) is 1. The maximum Gasteiger partial charge on any atom is 0.274 e. The molecule has 0 aliphatic carbocycles. The largest absolute Gasteiger partial charge is 0.382 e. The molecule has 0 saturated heterocycles. The van der Waals surface area contributed by atoms with Gasteiger partial charge in [0.05, 0.1) is 24.9 Å².